The Morgan fingerprint density at radius 2 is 1.40 bits per heavy atom. The van der Waals surface area contributed by atoms with E-state index < -0.39 is 0 Å². The van der Waals surface area contributed by atoms with Gasteiger partial charge in [-0.2, -0.15) is 10.2 Å². The van der Waals surface area contributed by atoms with Crippen LogP contribution >= 0.6 is 0 Å². The van der Waals surface area contributed by atoms with Crippen molar-refractivity contribution in [2.45, 2.75) is 19.8 Å². The number of aryl methyl sites for hydroxylation is 2. The molecule has 0 amide bonds. The number of nitrogens with zero attached hydrogens (tertiary/aromatic N) is 2. The maximum Gasteiger partial charge on any atom is 0.157 e. The molecular formula is C15H15N5. The van der Waals surface area contributed by atoms with Crippen molar-refractivity contribution in [2.75, 3.05) is 5.32 Å². The average Bonchev–Trinajstić information content (AvgIpc) is 3.03. The van der Waals surface area contributed by atoms with Gasteiger partial charge >= 0.3 is 0 Å². The van der Waals surface area contributed by atoms with Gasteiger partial charge in [-0.15, -0.1) is 0 Å². The molecule has 20 heavy (non-hydrogen) atoms. The number of rotatable bonds is 1. The fraction of sp³-hybridized carbons (Fsp3) is 0.200. The number of anilines is 2. The molecule has 1 aliphatic heterocycles. The molecular weight excluding hydrogens is 250 g/mol. The van der Waals surface area contributed by atoms with Gasteiger partial charge in [0.05, 0.1) is 0 Å². The fourth-order valence-electron chi connectivity index (χ4n) is 3.01. The molecule has 4 rings (SSSR count). The first kappa shape index (κ1) is 11.3. The maximum atomic E-state index is 4.35. The van der Waals surface area contributed by atoms with E-state index in [0.717, 1.165) is 23.0 Å². The molecule has 100 valence electrons. The number of fused-ring (bicyclic) bond motifs is 2. The highest BCUT2D eigenvalue weighted by Gasteiger charge is 2.33. The van der Waals surface area contributed by atoms with Crippen molar-refractivity contribution < 1.29 is 0 Å². The van der Waals surface area contributed by atoms with Gasteiger partial charge in [-0.1, -0.05) is 30.3 Å². The minimum atomic E-state index is 0.167. The third-order valence-electron chi connectivity index (χ3n) is 3.94. The van der Waals surface area contributed by atoms with Gasteiger partial charge in [0.1, 0.15) is 0 Å². The van der Waals surface area contributed by atoms with Crippen LogP contribution in [0.15, 0.2) is 30.3 Å². The van der Waals surface area contributed by atoms with E-state index in [-0.39, 0.29) is 5.92 Å². The summed E-state index contributed by atoms with van der Waals surface area (Å²) < 4.78 is 0. The Morgan fingerprint density at radius 1 is 0.850 bits per heavy atom. The number of H-pyrrole nitrogens is 2. The van der Waals surface area contributed by atoms with E-state index in [1.165, 1.54) is 16.7 Å². The second-order valence-electron chi connectivity index (χ2n) is 5.19. The number of aromatic amines is 2. The first-order valence-corrected chi connectivity index (χ1v) is 6.67. The zero-order valence-electron chi connectivity index (χ0n) is 11.4. The van der Waals surface area contributed by atoms with Crippen LogP contribution in [0.2, 0.25) is 0 Å². The molecule has 3 heterocycles. The van der Waals surface area contributed by atoms with Crippen LogP contribution in [0.5, 0.6) is 0 Å². The SMILES string of the molecule is Cc1[nH]nc2c1C(c1ccccc1)c1c(n[nH]c1C)N2. The van der Waals surface area contributed by atoms with E-state index >= 15 is 0 Å². The molecule has 0 fully saturated rings. The highest BCUT2D eigenvalue weighted by Crippen LogP contribution is 2.45. The van der Waals surface area contributed by atoms with Crippen LogP contribution in [0, 0.1) is 13.8 Å². The molecule has 0 radical (unpaired) electrons. The van der Waals surface area contributed by atoms with Crippen molar-refractivity contribution >= 4 is 11.6 Å². The Labute approximate surface area is 116 Å². The summed E-state index contributed by atoms with van der Waals surface area (Å²) >= 11 is 0. The number of nitrogens with one attached hydrogen (secondary N) is 3. The molecule has 5 heteroatoms. The standard InChI is InChI=1S/C15H15N5/c1-8-11-13(10-6-4-3-5-7-10)12-9(2)18-20-15(12)16-14(11)19-17-8/h3-7,13H,1-2H3,(H3,16,17,18,19,20). The van der Waals surface area contributed by atoms with Crippen LogP contribution in [-0.4, -0.2) is 20.4 Å². The molecule has 1 aromatic carbocycles. The summed E-state index contributed by atoms with van der Waals surface area (Å²) in [5.74, 6) is 1.91. The highest BCUT2D eigenvalue weighted by atomic mass is 15.3. The predicted molar refractivity (Wildman–Crippen MR) is 77.3 cm³/mol. The fourth-order valence-corrected chi connectivity index (χ4v) is 3.01. The summed E-state index contributed by atoms with van der Waals surface area (Å²) in [6, 6.07) is 10.5. The minimum Gasteiger partial charge on any atom is -0.321 e. The molecule has 0 spiro atoms. The second-order valence-corrected chi connectivity index (χ2v) is 5.19. The quantitative estimate of drug-likeness (QED) is 0.495. The van der Waals surface area contributed by atoms with Crippen molar-refractivity contribution in [1.82, 2.24) is 20.4 Å². The van der Waals surface area contributed by atoms with Crippen LogP contribution in [0.3, 0.4) is 0 Å². The van der Waals surface area contributed by atoms with Gasteiger partial charge in [-0.25, -0.2) is 0 Å². The lowest BCUT2D eigenvalue weighted by Crippen LogP contribution is -2.14. The Bertz CT molecular complexity index is 723. The number of hydrogen-bond donors (Lipinski definition) is 3. The topological polar surface area (TPSA) is 69.4 Å². The summed E-state index contributed by atoms with van der Waals surface area (Å²) in [5, 5.41) is 18.1. The van der Waals surface area contributed by atoms with E-state index in [2.05, 4.69) is 63.8 Å². The molecule has 0 aliphatic carbocycles. The maximum absolute atomic E-state index is 4.35. The molecule has 3 N–H and O–H groups in total. The molecule has 0 saturated carbocycles. The molecule has 0 unspecified atom stereocenters. The molecule has 0 bridgehead atoms. The third-order valence-corrected chi connectivity index (χ3v) is 3.94. The van der Waals surface area contributed by atoms with Crippen molar-refractivity contribution in [3.63, 3.8) is 0 Å². The van der Waals surface area contributed by atoms with E-state index in [1.807, 2.05) is 6.07 Å². The Balaban J connectivity index is 2.01. The smallest absolute Gasteiger partial charge is 0.157 e. The molecule has 3 aromatic rings. The minimum absolute atomic E-state index is 0.167. The molecule has 0 saturated heterocycles. The number of hydrogen-bond acceptors (Lipinski definition) is 3. The lowest BCUT2D eigenvalue weighted by atomic mass is 9.83. The van der Waals surface area contributed by atoms with Gasteiger partial charge in [-0.3, -0.25) is 10.2 Å². The molecule has 2 aromatic heterocycles. The molecule has 5 nitrogen and oxygen atoms in total. The van der Waals surface area contributed by atoms with Crippen LogP contribution in [0.25, 0.3) is 0 Å². The van der Waals surface area contributed by atoms with Crippen LogP contribution < -0.4 is 5.32 Å². The first-order valence-electron chi connectivity index (χ1n) is 6.67. The lowest BCUT2D eigenvalue weighted by Gasteiger charge is -2.24. The van der Waals surface area contributed by atoms with Gasteiger partial charge in [0.25, 0.3) is 0 Å². The van der Waals surface area contributed by atoms with Gasteiger partial charge in [0, 0.05) is 28.4 Å². The van der Waals surface area contributed by atoms with Crippen LogP contribution in [0.4, 0.5) is 11.6 Å². The summed E-state index contributed by atoms with van der Waals surface area (Å²) in [4.78, 5) is 0. The summed E-state index contributed by atoms with van der Waals surface area (Å²) in [6.45, 7) is 4.12. The summed E-state index contributed by atoms with van der Waals surface area (Å²) in [5.41, 5.74) is 5.84. The monoisotopic (exact) mass is 265 g/mol. The number of benzene rings is 1. The van der Waals surface area contributed by atoms with E-state index in [1.54, 1.807) is 0 Å². The lowest BCUT2D eigenvalue weighted by molar-refractivity contribution is 0.940. The highest BCUT2D eigenvalue weighted by molar-refractivity contribution is 5.72. The van der Waals surface area contributed by atoms with Crippen molar-refractivity contribution in [1.29, 1.82) is 0 Å². The largest absolute Gasteiger partial charge is 0.321 e. The van der Waals surface area contributed by atoms with Gasteiger partial charge < -0.3 is 5.32 Å². The van der Waals surface area contributed by atoms with Crippen LogP contribution in [0.1, 0.15) is 34.0 Å². The summed E-state index contributed by atoms with van der Waals surface area (Å²) in [6.07, 6.45) is 0. The number of aromatic nitrogens is 4. The zero-order chi connectivity index (χ0) is 13.7. The summed E-state index contributed by atoms with van der Waals surface area (Å²) in [7, 11) is 0. The zero-order valence-corrected chi connectivity index (χ0v) is 11.4. The Kier molecular flexibility index (Phi) is 2.24. The predicted octanol–water partition coefficient (Wildman–Crippen LogP) is 2.99. The Morgan fingerprint density at radius 3 is 1.95 bits per heavy atom. The van der Waals surface area contributed by atoms with Crippen molar-refractivity contribution in [2.24, 2.45) is 0 Å². The average molecular weight is 265 g/mol. The van der Waals surface area contributed by atoms with E-state index in [0.29, 0.717) is 0 Å². The third kappa shape index (κ3) is 1.43. The van der Waals surface area contributed by atoms with Gasteiger partial charge in [-0.05, 0) is 19.4 Å². The second kappa shape index (κ2) is 3.96. The van der Waals surface area contributed by atoms with Crippen LogP contribution in [-0.2, 0) is 0 Å². The van der Waals surface area contributed by atoms with Crippen molar-refractivity contribution in [3.05, 3.63) is 58.4 Å². The van der Waals surface area contributed by atoms with E-state index in [4.69, 9.17) is 0 Å². The molecule has 1 aliphatic rings. The Hall–Kier alpha value is -2.56. The van der Waals surface area contributed by atoms with Crippen molar-refractivity contribution in [3.8, 4) is 0 Å². The van der Waals surface area contributed by atoms with Gasteiger partial charge in [0.2, 0.25) is 0 Å². The first-order chi connectivity index (χ1) is 9.75. The van der Waals surface area contributed by atoms with Gasteiger partial charge in [0.15, 0.2) is 11.6 Å². The van der Waals surface area contributed by atoms with E-state index in [9.17, 15) is 0 Å². The molecule has 0 atom stereocenters. The normalized spacial score (nSPS) is 13.7.